The van der Waals surface area contributed by atoms with Crippen LogP contribution < -0.4 is 29.6 Å². The van der Waals surface area contributed by atoms with Gasteiger partial charge in [-0.15, -0.1) is 0 Å². The molecular formula is C12H7NaO3SSe. The molecule has 0 aliphatic rings. The van der Waals surface area contributed by atoms with Crippen molar-refractivity contribution in [3.8, 4) is 0 Å². The molecule has 0 N–H and O–H groups in total. The van der Waals surface area contributed by atoms with Crippen LogP contribution >= 0.6 is 0 Å². The van der Waals surface area contributed by atoms with Crippen LogP contribution in [0.25, 0.3) is 19.3 Å². The average molecular weight is 333 g/mol. The third-order valence-electron chi connectivity index (χ3n) is 2.64. The van der Waals surface area contributed by atoms with E-state index < -0.39 is 10.1 Å². The first kappa shape index (κ1) is 14.3. The fraction of sp³-hybridized carbons (Fsp3) is 0. The summed E-state index contributed by atoms with van der Waals surface area (Å²) in [6.45, 7) is 0. The van der Waals surface area contributed by atoms with Crippen molar-refractivity contribution in [3.05, 3.63) is 42.5 Å². The molecule has 0 fully saturated rings. The molecule has 0 spiro atoms. The fourth-order valence-corrected chi connectivity index (χ4v) is 4.93. The van der Waals surface area contributed by atoms with Crippen molar-refractivity contribution in [3.63, 3.8) is 0 Å². The van der Waals surface area contributed by atoms with E-state index in [1.807, 2.05) is 24.3 Å². The smallest absolute Gasteiger partial charge is 1.00 e. The van der Waals surface area contributed by atoms with Crippen molar-refractivity contribution >= 4 is 43.9 Å². The molecule has 18 heavy (non-hydrogen) atoms. The van der Waals surface area contributed by atoms with Crippen LogP contribution in [0.5, 0.6) is 0 Å². The van der Waals surface area contributed by atoms with Crippen molar-refractivity contribution in [2.75, 3.05) is 0 Å². The van der Waals surface area contributed by atoms with E-state index in [0.717, 1.165) is 15.0 Å². The molecule has 86 valence electrons. The van der Waals surface area contributed by atoms with E-state index in [4.69, 9.17) is 0 Å². The summed E-state index contributed by atoms with van der Waals surface area (Å²) >= 11 is 0.0899. The van der Waals surface area contributed by atoms with Crippen molar-refractivity contribution in [1.82, 2.24) is 0 Å². The van der Waals surface area contributed by atoms with Crippen LogP contribution in [0.4, 0.5) is 0 Å². The Morgan fingerprint density at radius 3 is 2.33 bits per heavy atom. The third kappa shape index (κ3) is 2.45. The molecule has 0 atom stereocenters. The largest absolute Gasteiger partial charge is 1.00 e. The zero-order valence-electron chi connectivity index (χ0n) is 9.58. The Bertz CT molecular complexity index is 824. The zero-order valence-corrected chi connectivity index (χ0v) is 14.1. The number of benzene rings is 2. The van der Waals surface area contributed by atoms with Gasteiger partial charge in [0.15, 0.2) is 0 Å². The maximum Gasteiger partial charge on any atom is 1.00 e. The summed E-state index contributed by atoms with van der Waals surface area (Å²) < 4.78 is 35.1. The van der Waals surface area contributed by atoms with Gasteiger partial charge in [-0.05, 0) is 0 Å². The molecule has 0 aliphatic carbocycles. The van der Waals surface area contributed by atoms with Crippen molar-refractivity contribution in [2.24, 2.45) is 0 Å². The van der Waals surface area contributed by atoms with Gasteiger partial charge >= 0.3 is 134 Å². The summed E-state index contributed by atoms with van der Waals surface area (Å²) in [4.78, 5) is -0.133. The van der Waals surface area contributed by atoms with Gasteiger partial charge in [-0.2, -0.15) is 0 Å². The van der Waals surface area contributed by atoms with Crippen LogP contribution in [0.3, 0.4) is 0 Å². The van der Waals surface area contributed by atoms with E-state index in [-0.39, 0.29) is 49.0 Å². The molecule has 1 heterocycles. The molecule has 0 aliphatic heterocycles. The average Bonchev–Trinajstić information content (AvgIpc) is 2.65. The van der Waals surface area contributed by atoms with Gasteiger partial charge in [0.2, 0.25) is 0 Å². The van der Waals surface area contributed by atoms with Crippen LogP contribution in [0, 0.1) is 0 Å². The zero-order chi connectivity index (χ0) is 12.0. The molecule has 2 aromatic carbocycles. The number of hydrogen-bond donors (Lipinski definition) is 0. The van der Waals surface area contributed by atoms with Crippen LogP contribution in [0.1, 0.15) is 0 Å². The fourth-order valence-electron chi connectivity index (χ4n) is 1.86. The van der Waals surface area contributed by atoms with E-state index in [2.05, 4.69) is 0 Å². The number of rotatable bonds is 1. The van der Waals surface area contributed by atoms with Gasteiger partial charge < -0.3 is 0 Å². The molecule has 6 heteroatoms. The summed E-state index contributed by atoms with van der Waals surface area (Å²) in [7, 11) is -4.35. The van der Waals surface area contributed by atoms with Crippen LogP contribution in [0.2, 0.25) is 0 Å². The van der Waals surface area contributed by atoms with Gasteiger partial charge in [0.05, 0.1) is 0 Å². The second kappa shape index (κ2) is 5.10. The number of fused-ring (bicyclic) bond motifs is 3. The predicted molar refractivity (Wildman–Crippen MR) is 66.4 cm³/mol. The molecular weight excluding hydrogens is 326 g/mol. The summed E-state index contributed by atoms with van der Waals surface area (Å²) in [5, 5.41) is 2.20. The normalized spacial score (nSPS) is 11.6. The van der Waals surface area contributed by atoms with E-state index in [1.165, 1.54) is 16.4 Å². The SMILES string of the molecule is O=S(=O)([O-])c1ccc2c(c1)[se]c1ccccc12.[Na+]. The Morgan fingerprint density at radius 1 is 0.944 bits per heavy atom. The Hall–Kier alpha value is -0.131. The maximum atomic E-state index is 11.0. The standard InChI is InChI=1S/C12H8O3SSe.Na/c13-16(14,15)8-5-6-10-9-3-1-2-4-11(9)17-12(10)7-8;/h1-7H,(H,13,14,15);/q;+1/p-1. The summed E-state index contributed by atoms with van der Waals surface area (Å²) in [5.41, 5.74) is 0. The van der Waals surface area contributed by atoms with Crippen LogP contribution in [0.15, 0.2) is 47.4 Å². The Labute approximate surface area is 133 Å². The van der Waals surface area contributed by atoms with Gasteiger partial charge in [0.25, 0.3) is 0 Å². The maximum absolute atomic E-state index is 11.0. The van der Waals surface area contributed by atoms with Gasteiger partial charge in [0, 0.05) is 0 Å². The molecule has 0 radical (unpaired) electrons. The number of hydrogen-bond acceptors (Lipinski definition) is 3. The monoisotopic (exact) mass is 334 g/mol. The topological polar surface area (TPSA) is 57.2 Å². The molecule has 3 rings (SSSR count). The third-order valence-corrected chi connectivity index (χ3v) is 5.85. The van der Waals surface area contributed by atoms with Gasteiger partial charge in [0.1, 0.15) is 0 Å². The minimum Gasteiger partial charge on any atom is 1.00 e. The van der Waals surface area contributed by atoms with Crippen molar-refractivity contribution < 1.29 is 42.5 Å². The van der Waals surface area contributed by atoms with E-state index in [9.17, 15) is 13.0 Å². The van der Waals surface area contributed by atoms with Gasteiger partial charge in [-0.3, -0.25) is 0 Å². The first-order valence-corrected chi connectivity index (χ1v) is 8.05. The van der Waals surface area contributed by atoms with Crippen molar-refractivity contribution in [2.45, 2.75) is 4.90 Å². The van der Waals surface area contributed by atoms with Crippen molar-refractivity contribution in [1.29, 1.82) is 0 Å². The van der Waals surface area contributed by atoms with E-state index in [0.29, 0.717) is 0 Å². The Morgan fingerprint density at radius 2 is 1.61 bits per heavy atom. The summed E-state index contributed by atoms with van der Waals surface area (Å²) in [6.07, 6.45) is 0. The van der Waals surface area contributed by atoms with Crippen LogP contribution in [-0.2, 0) is 10.1 Å². The quantitative estimate of drug-likeness (QED) is 0.422. The second-order valence-corrected chi connectivity index (χ2v) is 7.36. The molecule has 0 saturated heterocycles. The van der Waals surface area contributed by atoms with E-state index in [1.54, 1.807) is 6.07 Å². The van der Waals surface area contributed by atoms with Crippen LogP contribution in [-0.4, -0.2) is 27.5 Å². The predicted octanol–water partition coefficient (Wildman–Crippen LogP) is -1.04. The minimum absolute atomic E-state index is 0. The molecule has 0 unspecified atom stereocenters. The summed E-state index contributed by atoms with van der Waals surface area (Å²) in [6, 6.07) is 12.6. The minimum atomic E-state index is -4.35. The van der Waals surface area contributed by atoms with Gasteiger partial charge in [-0.1, -0.05) is 0 Å². The molecule has 0 amide bonds. The molecule has 0 saturated carbocycles. The molecule has 3 nitrogen and oxygen atoms in total. The van der Waals surface area contributed by atoms with E-state index >= 15 is 0 Å². The molecule has 1 aromatic heterocycles. The Balaban J connectivity index is 0.00000120. The first-order valence-electron chi connectivity index (χ1n) is 4.93. The second-order valence-electron chi connectivity index (χ2n) is 3.71. The first-order chi connectivity index (χ1) is 8.05. The van der Waals surface area contributed by atoms with Gasteiger partial charge in [-0.25, -0.2) is 0 Å². The Kier molecular flexibility index (Phi) is 4.04. The summed E-state index contributed by atoms with van der Waals surface area (Å²) in [5.74, 6) is 0. The molecule has 0 bridgehead atoms. The molecule has 3 aromatic rings.